The summed E-state index contributed by atoms with van der Waals surface area (Å²) >= 11 is 0. The highest BCUT2D eigenvalue weighted by atomic mass is 16.5. The number of esters is 1. The average molecular weight is 316 g/mol. The number of hydrogen-bond donors (Lipinski definition) is 1. The molecule has 2 aromatic rings. The highest BCUT2D eigenvalue weighted by Crippen LogP contribution is 2.35. The number of carbonyl (C=O) groups excluding carboxylic acids is 2. The van der Waals surface area contributed by atoms with Crippen LogP contribution >= 0.6 is 0 Å². The molecule has 1 aliphatic heterocycles. The van der Waals surface area contributed by atoms with Crippen molar-refractivity contribution in [3.63, 3.8) is 0 Å². The molecular formula is C17H20N2O4. The number of hydrogen-bond acceptors (Lipinski definition) is 4. The Balaban J connectivity index is 2.21. The Morgan fingerprint density at radius 3 is 2.83 bits per heavy atom. The Kier molecular flexibility index (Phi) is 4.23. The molecule has 1 aromatic heterocycles. The minimum atomic E-state index is -0.359. The summed E-state index contributed by atoms with van der Waals surface area (Å²) in [6, 6.07) is 3.79. The Hall–Kier alpha value is -2.50. The van der Waals surface area contributed by atoms with Gasteiger partial charge in [0, 0.05) is 29.6 Å². The van der Waals surface area contributed by atoms with Gasteiger partial charge >= 0.3 is 5.97 Å². The third-order valence-corrected chi connectivity index (χ3v) is 4.07. The van der Waals surface area contributed by atoms with Gasteiger partial charge in [-0.1, -0.05) is 0 Å². The standard InChI is InChI=1S/C17H20N2O4/c1-3-22-14-6-5-13-15-11(16(18-13)17(21)23-4-2)7-8-19(10-20)9-12(14)15/h5-6,10,18H,3-4,7-9H2,1-2H3. The first-order valence-electron chi connectivity index (χ1n) is 7.85. The SMILES string of the molecule is CCOC(=O)c1[nH]c2ccc(OCC)c3c2c1CCN(C=O)C3. The van der Waals surface area contributed by atoms with Crippen LogP contribution < -0.4 is 4.74 Å². The van der Waals surface area contributed by atoms with Crippen LogP contribution in [0.3, 0.4) is 0 Å². The summed E-state index contributed by atoms with van der Waals surface area (Å²) in [7, 11) is 0. The molecule has 0 unspecified atom stereocenters. The molecule has 0 radical (unpaired) electrons. The molecule has 1 aromatic carbocycles. The highest BCUT2D eigenvalue weighted by Gasteiger charge is 2.26. The normalized spacial score (nSPS) is 13.7. The number of amides is 1. The quantitative estimate of drug-likeness (QED) is 0.678. The second-order valence-corrected chi connectivity index (χ2v) is 5.42. The number of rotatable bonds is 5. The Morgan fingerprint density at radius 1 is 1.30 bits per heavy atom. The summed E-state index contributed by atoms with van der Waals surface area (Å²) < 4.78 is 10.9. The molecule has 0 spiro atoms. The molecule has 23 heavy (non-hydrogen) atoms. The maximum atomic E-state index is 12.2. The van der Waals surface area contributed by atoms with Gasteiger partial charge in [-0.05, 0) is 38.0 Å². The van der Waals surface area contributed by atoms with E-state index in [1.807, 2.05) is 19.1 Å². The summed E-state index contributed by atoms with van der Waals surface area (Å²) in [5, 5.41) is 0.975. The van der Waals surface area contributed by atoms with Gasteiger partial charge in [0.1, 0.15) is 11.4 Å². The monoisotopic (exact) mass is 316 g/mol. The number of aromatic amines is 1. The Labute approximate surface area is 134 Å². The van der Waals surface area contributed by atoms with E-state index in [-0.39, 0.29) is 5.97 Å². The molecule has 6 heteroatoms. The molecule has 122 valence electrons. The molecule has 0 aliphatic carbocycles. The number of nitrogens with one attached hydrogen (secondary N) is 1. The molecule has 0 saturated heterocycles. The molecule has 6 nitrogen and oxygen atoms in total. The average Bonchev–Trinajstić information content (AvgIpc) is 2.80. The summed E-state index contributed by atoms with van der Waals surface area (Å²) in [5.41, 5.74) is 3.19. The Bertz CT molecular complexity index is 751. The fraction of sp³-hybridized carbons (Fsp3) is 0.412. The van der Waals surface area contributed by atoms with E-state index in [9.17, 15) is 9.59 Å². The van der Waals surface area contributed by atoms with Crippen molar-refractivity contribution >= 4 is 23.3 Å². The fourth-order valence-electron chi connectivity index (χ4n) is 3.12. The van der Waals surface area contributed by atoms with Crippen LogP contribution in [0.4, 0.5) is 0 Å². The second-order valence-electron chi connectivity index (χ2n) is 5.42. The van der Waals surface area contributed by atoms with Crippen molar-refractivity contribution in [1.82, 2.24) is 9.88 Å². The van der Waals surface area contributed by atoms with Gasteiger partial charge in [0.25, 0.3) is 0 Å². The van der Waals surface area contributed by atoms with Crippen molar-refractivity contribution in [3.8, 4) is 5.75 Å². The van der Waals surface area contributed by atoms with E-state index in [0.29, 0.717) is 38.4 Å². The van der Waals surface area contributed by atoms with E-state index in [2.05, 4.69) is 4.98 Å². The molecular weight excluding hydrogens is 296 g/mol. The smallest absolute Gasteiger partial charge is 0.355 e. The van der Waals surface area contributed by atoms with Crippen LogP contribution in [0.25, 0.3) is 10.9 Å². The topological polar surface area (TPSA) is 71.6 Å². The van der Waals surface area contributed by atoms with E-state index in [1.165, 1.54) is 0 Å². The van der Waals surface area contributed by atoms with Crippen LogP contribution in [0.15, 0.2) is 12.1 Å². The molecule has 0 fully saturated rings. The predicted molar refractivity (Wildman–Crippen MR) is 85.6 cm³/mol. The lowest BCUT2D eigenvalue weighted by atomic mass is 10.0. The maximum Gasteiger partial charge on any atom is 0.355 e. The third-order valence-electron chi connectivity index (χ3n) is 4.07. The van der Waals surface area contributed by atoms with E-state index in [1.54, 1.807) is 11.8 Å². The highest BCUT2D eigenvalue weighted by molar-refractivity contribution is 6.00. The maximum absolute atomic E-state index is 12.2. The van der Waals surface area contributed by atoms with E-state index >= 15 is 0 Å². The van der Waals surface area contributed by atoms with Crippen molar-refractivity contribution in [2.45, 2.75) is 26.8 Å². The Morgan fingerprint density at radius 2 is 2.13 bits per heavy atom. The lowest BCUT2D eigenvalue weighted by Crippen LogP contribution is -2.23. The lowest BCUT2D eigenvalue weighted by Gasteiger charge is -2.17. The zero-order valence-electron chi connectivity index (χ0n) is 13.3. The number of H-pyrrole nitrogens is 1. The van der Waals surface area contributed by atoms with Crippen molar-refractivity contribution in [2.75, 3.05) is 19.8 Å². The largest absolute Gasteiger partial charge is 0.494 e. The van der Waals surface area contributed by atoms with Crippen LogP contribution in [0.1, 0.15) is 35.5 Å². The molecule has 2 heterocycles. The van der Waals surface area contributed by atoms with Crippen molar-refractivity contribution in [1.29, 1.82) is 0 Å². The first kappa shape index (κ1) is 15.4. The molecule has 0 saturated carbocycles. The number of carbonyl (C=O) groups is 2. The fourth-order valence-corrected chi connectivity index (χ4v) is 3.12. The first-order valence-corrected chi connectivity index (χ1v) is 7.85. The van der Waals surface area contributed by atoms with Gasteiger partial charge in [0.05, 0.1) is 13.2 Å². The molecule has 1 N–H and O–H groups in total. The zero-order valence-corrected chi connectivity index (χ0v) is 13.3. The molecule has 1 aliphatic rings. The van der Waals surface area contributed by atoms with Gasteiger partial charge < -0.3 is 19.4 Å². The molecule has 0 atom stereocenters. The second kappa shape index (κ2) is 6.32. The van der Waals surface area contributed by atoms with Gasteiger partial charge in [-0.25, -0.2) is 4.79 Å². The van der Waals surface area contributed by atoms with Crippen LogP contribution in [0.5, 0.6) is 5.75 Å². The summed E-state index contributed by atoms with van der Waals surface area (Å²) in [6.45, 7) is 5.61. The summed E-state index contributed by atoms with van der Waals surface area (Å²) in [4.78, 5) is 28.4. The van der Waals surface area contributed by atoms with Gasteiger partial charge in [-0.2, -0.15) is 0 Å². The minimum absolute atomic E-state index is 0.325. The van der Waals surface area contributed by atoms with Crippen molar-refractivity contribution < 1.29 is 19.1 Å². The van der Waals surface area contributed by atoms with Crippen LogP contribution in [-0.2, 0) is 22.5 Å². The molecule has 3 rings (SSSR count). The van der Waals surface area contributed by atoms with E-state index in [4.69, 9.17) is 9.47 Å². The zero-order chi connectivity index (χ0) is 16.4. The number of aromatic nitrogens is 1. The van der Waals surface area contributed by atoms with E-state index in [0.717, 1.165) is 34.2 Å². The van der Waals surface area contributed by atoms with Gasteiger partial charge in [0.2, 0.25) is 6.41 Å². The van der Waals surface area contributed by atoms with Crippen LogP contribution in [0, 0.1) is 0 Å². The van der Waals surface area contributed by atoms with Crippen molar-refractivity contribution in [2.24, 2.45) is 0 Å². The van der Waals surface area contributed by atoms with Gasteiger partial charge in [-0.3, -0.25) is 4.79 Å². The number of nitrogens with zero attached hydrogens (tertiary/aromatic N) is 1. The first-order chi connectivity index (χ1) is 11.2. The number of benzene rings is 1. The van der Waals surface area contributed by atoms with Crippen LogP contribution in [0.2, 0.25) is 0 Å². The minimum Gasteiger partial charge on any atom is -0.494 e. The van der Waals surface area contributed by atoms with Crippen molar-refractivity contribution in [3.05, 3.63) is 29.0 Å². The summed E-state index contributed by atoms with van der Waals surface area (Å²) in [5.74, 6) is 0.395. The predicted octanol–water partition coefficient (Wildman–Crippen LogP) is 2.26. The third kappa shape index (κ3) is 2.65. The number of ether oxygens (including phenoxy) is 2. The lowest BCUT2D eigenvalue weighted by molar-refractivity contribution is -0.118. The van der Waals surface area contributed by atoms with Crippen LogP contribution in [-0.4, -0.2) is 42.0 Å². The van der Waals surface area contributed by atoms with Gasteiger partial charge in [-0.15, -0.1) is 0 Å². The van der Waals surface area contributed by atoms with E-state index < -0.39 is 0 Å². The summed E-state index contributed by atoms with van der Waals surface area (Å²) in [6.07, 6.45) is 1.45. The van der Waals surface area contributed by atoms with Gasteiger partial charge in [0.15, 0.2) is 0 Å². The molecule has 1 amide bonds. The molecule has 0 bridgehead atoms.